The lowest BCUT2D eigenvalue weighted by Crippen LogP contribution is -2.35. The molecular formula is C16H15ClN2O. The number of nitrogens with two attached hydrogens (primary N) is 1. The van der Waals surface area contributed by atoms with Crippen LogP contribution in [0.15, 0.2) is 42.5 Å². The molecule has 2 aromatic rings. The zero-order chi connectivity index (χ0) is 14.1. The molecule has 1 aliphatic heterocycles. The maximum absolute atomic E-state index is 12.5. The van der Waals surface area contributed by atoms with Gasteiger partial charge in [-0.2, -0.15) is 0 Å². The van der Waals surface area contributed by atoms with Crippen molar-refractivity contribution in [2.75, 3.05) is 12.3 Å². The normalized spacial score (nSPS) is 13.9. The number of hydrogen-bond acceptors (Lipinski definition) is 2. The van der Waals surface area contributed by atoms with Crippen LogP contribution >= 0.6 is 11.6 Å². The molecule has 20 heavy (non-hydrogen) atoms. The highest BCUT2D eigenvalue weighted by Gasteiger charge is 2.21. The van der Waals surface area contributed by atoms with Crippen LogP contribution in [-0.4, -0.2) is 17.4 Å². The van der Waals surface area contributed by atoms with Crippen molar-refractivity contribution in [3.8, 4) is 0 Å². The van der Waals surface area contributed by atoms with Crippen molar-refractivity contribution in [2.24, 2.45) is 0 Å². The molecule has 1 amide bonds. The lowest BCUT2D eigenvalue weighted by molar-refractivity contribution is 0.0735. The summed E-state index contributed by atoms with van der Waals surface area (Å²) in [6.07, 6.45) is 0.887. The molecule has 0 atom stereocenters. The van der Waals surface area contributed by atoms with Crippen LogP contribution in [0.25, 0.3) is 0 Å². The number of benzene rings is 2. The van der Waals surface area contributed by atoms with Crippen LogP contribution in [0.4, 0.5) is 5.69 Å². The minimum atomic E-state index is -0.0197. The monoisotopic (exact) mass is 286 g/mol. The number of nitrogen functional groups attached to an aromatic ring is 1. The molecule has 3 nitrogen and oxygen atoms in total. The number of rotatable bonds is 1. The second kappa shape index (κ2) is 5.17. The zero-order valence-electron chi connectivity index (χ0n) is 11.0. The Labute approximate surface area is 123 Å². The van der Waals surface area contributed by atoms with Crippen molar-refractivity contribution in [3.05, 3.63) is 64.2 Å². The first kappa shape index (κ1) is 13.0. The molecule has 1 heterocycles. The van der Waals surface area contributed by atoms with E-state index in [2.05, 4.69) is 12.1 Å². The van der Waals surface area contributed by atoms with Crippen LogP contribution in [0, 0.1) is 0 Å². The highest BCUT2D eigenvalue weighted by atomic mass is 35.5. The first-order valence-electron chi connectivity index (χ1n) is 6.55. The van der Waals surface area contributed by atoms with Gasteiger partial charge in [0, 0.05) is 29.4 Å². The third-order valence-electron chi connectivity index (χ3n) is 3.58. The topological polar surface area (TPSA) is 46.3 Å². The quantitative estimate of drug-likeness (QED) is 0.819. The van der Waals surface area contributed by atoms with Crippen molar-refractivity contribution in [1.82, 2.24) is 4.90 Å². The Balaban J connectivity index is 1.86. The zero-order valence-corrected chi connectivity index (χ0v) is 11.7. The van der Waals surface area contributed by atoms with Gasteiger partial charge >= 0.3 is 0 Å². The molecule has 4 heteroatoms. The summed E-state index contributed by atoms with van der Waals surface area (Å²) in [5.41, 5.74) is 9.34. The van der Waals surface area contributed by atoms with Crippen LogP contribution < -0.4 is 5.73 Å². The third-order valence-corrected chi connectivity index (χ3v) is 3.80. The largest absolute Gasteiger partial charge is 0.399 e. The first-order chi connectivity index (χ1) is 9.63. The minimum absolute atomic E-state index is 0.0197. The van der Waals surface area contributed by atoms with Crippen molar-refractivity contribution < 1.29 is 4.79 Å². The molecule has 0 saturated carbocycles. The van der Waals surface area contributed by atoms with E-state index in [4.69, 9.17) is 17.3 Å². The summed E-state index contributed by atoms with van der Waals surface area (Å²) in [7, 11) is 0. The van der Waals surface area contributed by atoms with Gasteiger partial charge in [0.05, 0.1) is 0 Å². The molecular weight excluding hydrogens is 272 g/mol. The second-order valence-corrected chi connectivity index (χ2v) is 5.46. The Bertz CT molecular complexity index is 649. The average molecular weight is 287 g/mol. The van der Waals surface area contributed by atoms with Gasteiger partial charge < -0.3 is 10.6 Å². The lowest BCUT2D eigenvalue weighted by Gasteiger charge is -2.29. The molecule has 2 aromatic carbocycles. The number of hydrogen-bond donors (Lipinski definition) is 1. The molecule has 1 aliphatic rings. The van der Waals surface area contributed by atoms with E-state index in [-0.39, 0.29) is 5.91 Å². The Morgan fingerprint density at radius 1 is 1.15 bits per heavy atom. The Hall–Kier alpha value is -2.00. The van der Waals surface area contributed by atoms with E-state index < -0.39 is 0 Å². The van der Waals surface area contributed by atoms with Gasteiger partial charge in [-0.1, -0.05) is 35.9 Å². The molecule has 0 aromatic heterocycles. The summed E-state index contributed by atoms with van der Waals surface area (Å²) in [5, 5.41) is 0.491. The molecule has 0 spiro atoms. The molecule has 0 bridgehead atoms. The number of nitrogens with zero attached hydrogens (tertiary/aromatic N) is 1. The number of halogens is 1. The second-order valence-electron chi connectivity index (χ2n) is 5.02. The van der Waals surface area contributed by atoms with Crippen LogP contribution in [0.3, 0.4) is 0 Å². The van der Waals surface area contributed by atoms with Gasteiger partial charge in [-0.3, -0.25) is 4.79 Å². The Morgan fingerprint density at radius 2 is 1.90 bits per heavy atom. The number of fused-ring (bicyclic) bond motifs is 1. The summed E-state index contributed by atoms with van der Waals surface area (Å²) in [6, 6.07) is 13.2. The SMILES string of the molecule is Nc1cc(Cl)cc(C(=O)N2CCc3ccccc3C2)c1. The summed E-state index contributed by atoms with van der Waals surface area (Å²) in [4.78, 5) is 14.4. The Kier molecular flexibility index (Phi) is 3.36. The van der Waals surface area contributed by atoms with Crippen LogP contribution in [0.1, 0.15) is 21.5 Å². The Morgan fingerprint density at radius 3 is 2.65 bits per heavy atom. The summed E-state index contributed by atoms with van der Waals surface area (Å²) >= 11 is 5.96. The van der Waals surface area contributed by atoms with E-state index in [1.165, 1.54) is 11.1 Å². The standard InChI is InChI=1S/C16H15ClN2O/c17-14-7-13(8-15(18)9-14)16(20)19-6-5-11-3-1-2-4-12(11)10-19/h1-4,7-9H,5-6,10,18H2. The predicted molar refractivity (Wildman–Crippen MR) is 80.8 cm³/mol. The summed E-state index contributed by atoms with van der Waals surface area (Å²) in [6.45, 7) is 1.36. The van der Waals surface area contributed by atoms with Gasteiger partial charge in [-0.15, -0.1) is 0 Å². The maximum atomic E-state index is 12.5. The van der Waals surface area contributed by atoms with E-state index >= 15 is 0 Å². The third kappa shape index (κ3) is 2.49. The molecule has 3 rings (SSSR count). The number of carbonyl (C=O) groups is 1. The van der Waals surface area contributed by atoms with Gasteiger partial charge in [-0.05, 0) is 35.7 Å². The number of carbonyl (C=O) groups excluding carboxylic acids is 1. The van der Waals surface area contributed by atoms with Gasteiger partial charge in [0.15, 0.2) is 0 Å². The highest BCUT2D eigenvalue weighted by molar-refractivity contribution is 6.31. The predicted octanol–water partition coefficient (Wildman–Crippen LogP) is 3.12. The average Bonchev–Trinajstić information content (AvgIpc) is 2.45. The highest BCUT2D eigenvalue weighted by Crippen LogP contribution is 2.22. The maximum Gasteiger partial charge on any atom is 0.254 e. The molecule has 0 aliphatic carbocycles. The van der Waals surface area contributed by atoms with Crippen molar-refractivity contribution >= 4 is 23.2 Å². The fourth-order valence-electron chi connectivity index (χ4n) is 2.59. The molecule has 0 fully saturated rings. The fraction of sp³-hybridized carbons (Fsp3) is 0.188. The molecule has 0 unspecified atom stereocenters. The van der Waals surface area contributed by atoms with Gasteiger partial charge in [0.1, 0.15) is 0 Å². The van der Waals surface area contributed by atoms with Gasteiger partial charge in [-0.25, -0.2) is 0 Å². The smallest absolute Gasteiger partial charge is 0.254 e. The number of anilines is 1. The first-order valence-corrected chi connectivity index (χ1v) is 6.93. The molecule has 2 N–H and O–H groups in total. The molecule has 102 valence electrons. The van der Waals surface area contributed by atoms with Crippen molar-refractivity contribution in [2.45, 2.75) is 13.0 Å². The van der Waals surface area contributed by atoms with E-state index in [9.17, 15) is 4.79 Å². The molecule has 0 saturated heterocycles. The van der Waals surface area contributed by atoms with E-state index in [0.29, 0.717) is 22.8 Å². The lowest BCUT2D eigenvalue weighted by atomic mass is 9.99. The molecule has 0 radical (unpaired) electrons. The fourth-order valence-corrected chi connectivity index (χ4v) is 2.83. The van der Waals surface area contributed by atoms with Crippen LogP contribution in [0.5, 0.6) is 0 Å². The van der Waals surface area contributed by atoms with Gasteiger partial charge in [0.25, 0.3) is 5.91 Å². The number of amides is 1. The van der Waals surface area contributed by atoms with Gasteiger partial charge in [0.2, 0.25) is 0 Å². The van der Waals surface area contributed by atoms with Crippen molar-refractivity contribution in [3.63, 3.8) is 0 Å². The van der Waals surface area contributed by atoms with E-state index in [1.54, 1.807) is 18.2 Å². The van der Waals surface area contributed by atoms with Crippen molar-refractivity contribution in [1.29, 1.82) is 0 Å². The van der Waals surface area contributed by atoms with E-state index in [0.717, 1.165) is 13.0 Å². The van der Waals surface area contributed by atoms with Crippen LogP contribution in [-0.2, 0) is 13.0 Å². The summed E-state index contributed by atoms with van der Waals surface area (Å²) in [5.74, 6) is -0.0197. The van der Waals surface area contributed by atoms with Crippen LogP contribution in [0.2, 0.25) is 5.02 Å². The minimum Gasteiger partial charge on any atom is -0.399 e. The summed E-state index contributed by atoms with van der Waals surface area (Å²) < 4.78 is 0. The van der Waals surface area contributed by atoms with E-state index in [1.807, 2.05) is 17.0 Å².